The van der Waals surface area contributed by atoms with Crippen molar-refractivity contribution in [3.63, 3.8) is 0 Å². The second-order valence-electron chi connectivity index (χ2n) is 5.12. The molecule has 1 aromatic rings. The van der Waals surface area contributed by atoms with Crippen LogP contribution in [-0.2, 0) is 13.0 Å². The molecule has 0 spiro atoms. The van der Waals surface area contributed by atoms with E-state index in [-0.39, 0.29) is 0 Å². The predicted octanol–water partition coefficient (Wildman–Crippen LogP) is 3.37. The first-order valence-corrected chi connectivity index (χ1v) is 6.51. The second-order valence-corrected chi connectivity index (χ2v) is 5.12. The quantitative estimate of drug-likeness (QED) is 0.843. The van der Waals surface area contributed by atoms with Crippen LogP contribution in [0, 0.1) is 11.8 Å². The molecule has 1 fully saturated rings. The minimum atomic E-state index is 0.671. The lowest BCUT2D eigenvalue weighted by atomic mass is 9.98. The van der Waals surface area contributed by atoms with Crippen molar-refractivity contribution in [2.24, 2.45) is 11.8 Å². The number of rotatable bonds is 4. The van der Waals surface area contributed by atoms with Crippen molar-refractivity contribution in [2.45, 2.75) is 52.6 Å². The Morgan fingerprint density at radius 1 is 1.25 bits per heavy atom. The highest BCUT2D eigenvalue weighted by molar-refractivity contribution is 5.07. The molecule has 0 saturated heterocycles. The molecule has 2 rings (SSSR count). The van der Waals surface area contributed by atoms with E-state index in [0.29, 0.717) is 6.04 Å². The molecule has 3 unspecified atom stereocenters. The molecule has 16 heavy (non-hydrogen) atoms. The van der Waals surface area contributed by atoms with E-state index in [1.54, 1.807) is 0 Å². The standard InChI is InChI=1S/C14H23NO/c1-4-12-6-7-13(16-12)9-15-14-8-5-10(2)11(14)3/h6-7,10-11,14-15H,4-5,8-9H2,1-3H3. The number of nitrogens with one attached hydrogen (secondary N) is 1. The number of hydrogen-bond acceptors (Lipinski definition) is 2. The summed E-state index contributed by atoms with van der Waals surface area (Å²) in [4.78, 5) is 0. The van der Waals surface area contributed by atoms with Crippen molar-refractivity contribution in [3.05, 3.63) is 23.7 Å². The highest BCUT2D eigenvalue weighted by Crippen LogP contribution is 2.31. The molecule has 90 valence electrons. The van der Waals surface area contributed by atoms with Gasteiger partial charge in [-0.25, -0.2) is 0 Å². The van der Waals surface area contributed by atoms with Gasteiger partial charge in [-0.2, -0.15) is 0 Å². The highest BCUT2D eigenvalue weighted by Gasteiger charge is 2.29. The molecule has 0 amide bonds. The minimum Gasteiger partial charge on any atom is -0.465 e. The third-order valence-electron chi connectivity index (χ3n) is 4.07. The van der Waals surface area contributed by atoms with Gasteiger partial charge in [-0.1, -0.05) is 20.8 Å². The van der Waals surface area contributed by atoms with Gasteiger partial charge in [-0.15, -0.1) is 0 Å². The van der Waals surface area contributed by atoms with Crippen molar-refractivity contribution in [2.75, 3.05) is 0 Å². The molecule has 1 aromatic heterocycles. The third kappa shape index (κ3) is 2.49. The van der Waals surface area contributed by atoms with Gasteiger partial charge in [-0.3, -0.25) is 0 Å². The molecule has 2 heteroatoms. The van der Waals surface area contributed by atoms with Gasteiger partial charge in [0.1, 0.15) is 11.5 Å². The molecule has 1 heterocycles. The van der Waals surface area contributed by atoms with Gasteiger partial charge in [0.2, 0.25) is 0 Å². The molecule has 0 radical (unpaired) electrons. The van der Waals surface area contributed by atoms with Crippen LogP contribution in [0.1, 0.15) is 45.1 Å². The SMILES string of the molecule is CCc1ccc(CNC2CCC(C)C2C)o1. The Balaban J connectivity index is 1.83. The zero-order valence-electron chi connectivity index (χ0n) is 10.6. The van der Waals surface area contributed by atoms with Crippen molar-refractivity contribution >= 4 is 0 Å². The summed E-state index contributed by atoms with van der Waals surface area (Å²) in [5, 5.41) is 3.62. The van der Waals surface area contributed by atoms with Crippen LogP contribution in [0.2, 0.25) is 0 Å². The lowest BCUT2D eigenvalue weighted by Crippen LogP contribution is -2.31. The van der Waals surface area contributed by atoms with Crippen LogP contribution < -0.4 is 5.32 Å². The minimum absolute atomic E-state index is 0.671. The highest BCUT2D eigenvalue weighted by atomic mass is 16.3. The monoisotopic (exact) mass is 221 g/mol. The fourth-order valence-electron chi connectivity index (χ4n) is 2.59. The van der Waals surface area contributed by atoms with Crippen molar-refractivity contribution in [1.82, 2.24) is 5.32 Å². The number of hydrogen-bond donors (Lipinski definition) is 1. The topological polar surface area (TPSA) is 25.2 Å². The fourth-order valence-corrected chi connectivity index (χ4v) is 2.59. The average Bonchev–Trinajstić information content (AvgIpc) is 2.86. The van der Waals surface area contributed by atoms with E-state index >= 15 is 0 Å². The summed E-state index contributed by atoms with van der Waals surface area (Å²) >= 11 is 0. The first-order valence-electron chi connectivity index (χ1n) is 6.51. The van der Waals surface area contributed by atoms with Gasteiger partial charge in [0.25, 0.3) is 0 Å². The maximum Gasteiger partial charge on any atom is 0.117 e. The van der Waals surface area contributed by atoms with Crippen LogP contribution in [-0.4, -0.2) is 6.04 Å². The Morgan fingerprint density at radius 3 is 2.56 bits per heavy atom. The van der Waals surface area contributed by atoms with Gasteiger partial charge in [0.05, 0.1) is 6.54 Å². The number of furan rings is 1. The van der Waals surface area contributed by atoms with E-state index in [0.717, 1.165) is 36.3 Å². The summed E-state index contributed by atoms with van der Waals surface area (Å²) in [6.45, 7) is 7.71. The summed E-state index contributed by atoms with van der Waals surface area (Å²) < 4.78 is 5.69. The maximum absolute atomic E-state index is 5.69. The lowest BCUT2D eigenvalue weighted by Gasteiger charge is -2.18. The summed E-state index contributed by atoms with van der Waals surface area (Å²) in [5.41, 5.74) is 0. The Labute approximate surface area is 98.4 Å². The normalized spacial score (nSPS) is 29.8. The molecule has 1 aliphatic carbocycles. The Kier molecular flexibility index (Phi) is 3.70. The first-order chi connectivity index (χ1) is 7.70. The van der Waals surface area contributed by atoms with E-state index in [1.807, 2.05) is 0 Å². The zero-order chi connectivity index (χ0) is 11.5. The molecule has 1 saturated carbocycles. The second kappa shape index (κ2) is 5.05. The molecule has 0 aliphatic heterocycles. The molecular formula is C14H23NO. The predicted molar refractivity (Wildman–Crippen MR) is 66.3 cm³/mol. The smallest absolute Gasteiger partial charge is 0.117 e. The Bertz CT molecular complexity index is 331. The fraction of sp³-hybridized carbons (Fsp3) is 0.714. The van der Waals surface area contributed by atoms with Crippen LogP contribution in [0.5, 0.6) is 0 Å². The van der Waals surface area contributed by atoms with E-state index in [9.17, 15) is 0 Å². The molecule has 3 atom stereocenters. The van der Waals surface area contributed by atoms with E-state index in [2.05, 4.69) is 38.2 Å². The van der Waals surface area contributed by atoms with Crippen LogP contribution in [0.25, 0.3) is 0 Å². The molecule has 2 nitrogen and oxygen atoms in total. The third-order valence-corrected chi connectivity index (χ3v) is 4.07. The van der Waals surface area contributed by atoms with Gasteiger partial charge in [-0.05, 0) is 36.8 Å². The Hall–Kier alpha value is -0.760. The van der Waals surface area contributed by atoms with E-state index in [1.165, 1.54) is 12.8 Å². The van der Waals surface area contributed by atoms with E-state index in [4.69, 9.17) is 4.42 Å². The van der Waals surface area contributed by atoms with Gasteiger partial charge < -0.3 is 9.73 Å². The van der Waals surface area contributed by atoms with Crippen molar-refractivity contribution in [1.29, 1.82) is 0 Å². The van der Waals surface area contributed by atoms with Crippen LogP contribution in [0.15, 0.2) is 16.5 Å². The lowest BCUT2D eigenvalue weighted by molar-refractivity contribution is 0.353. The van der Waals surface area contributed by atoms with Crippen molar-refractivity contribution < 1.29 is 4.42 Å². The Morgan fingerprint density at radius 2 is 2.00 bits per heavy atom. The molecular weight excluding hydrogens is 198 g/mol. The van der Waals surface area contributed by atoms with Gasteiger partial charge in [0, 0.05) is 12.5 Å². The van der Waals surface area contributed by atoms with Gasteiger partial charge >= 0.3 is 0 Å². The molecule has 1 aliphatic rings. The first kappa shape index (κ1) is 11.7. The zero-order valence-corrected chi connectivity index (χ0v) is 10.6. The summed E-state index contributed by atoms with van der Waals surface area (Å²) in [6, 6.07) is 4.84. The molecule has 0 aromatic carbocycles. The molecule has 0 bridgehead atoms. The van der Waals surface area contributed by atoms with Crippen LogP contribution in [0.4, 0.5) is 0 Å². The maximum atomic E-state index is 5.69. The van der Waals surface area contributed by atoms with Crippen LogP contribution >= 0.6 is 0 Å². The number of aryl methyl sites for hydroxylation is 1. The summed E-state index contributed by atoms with van der Waals surface area (Å²) in [5.74, 6) is 3.81. The largest absolute Gasteiger partial charge is 0.465 e. The molecule has 1 N–H and O–H groups in total. The average molecular weight is 221 g/mol. The van der Waals surface area contributed by atoms with Crippen LogP contribution in [0.3, 0.4) is 0 Å². The van der Waals surface area contributed by atoms with Gasteiger partial charge in [0.15, 0.2) is 0 Å². The van der Waals surface area contributed by atoms with Crippen molar-refractivity contribution in [3.8, 4) is 0 Å². The summed E-state index contributed by atoms with van der Waals surface area (Å²) in [6.07, 6.45) is 3.65. The van der Waals surface area contributed by atoms with E-state index < -0.39 is 0 Å². The summed E-state index contributed by atoms with van der Waals surface area (Å²) in [7, 11) is 0.